The Hall–Kier alpha value is -0.830. The van der Waals surface area contributed by atoms with Crippen molar-refractivity contribution in [1.82, 2.24) is 0 Å². The predicted octanol–water partition coefficient (Wildman–Crippen LogP) is 3.69. The van der Waals surface area contributed by atoms with E-state index < -0.39 is 0 Å². The van der Waals surface area contributed by atoms with Crippen LogP contribution in [-0.4, -0.2) is 12.9 Å². The number of Topliss-reactive ketones (excluding diaryl/α,β-unsaturated/α-hetero) is 1. The molecule has 0 radical (unpaired) electrons. The summed E-state index contributed by atoms with van der Waals surface area (Å²) in [5.74, 6) is 1.13. The zero-order valence-electron chi connectivity index (χ0n) is 9.21. The van der Waals surface area contributed by atoms with Crippen LogP contribution in [0.1, 0.15) is 30.6 Å². The highest BCUT2D eigenvalue weighted by molar-refractivity contribution is 9.10. The first-order chi connectivity index (χ1) is 7.04. The molecule has 1 rings (SSSR count). The molecule has 0 spiro atoms. The first-order valence-electron chi connectivity index (χ1n) is 4.91. The van der Waals surface area contributed by atoms with Gasteiger partial charge in [0.1, 0.15) is 5.75 Å². The smallest absolute Gasteiger partial charge is 0.166 e. The summed E-state index contributed by atoms with van der Waals surface area (Å²) in [5, 5.41) is 0. The molecule has 0 aliphatic heterocycles. The van der Waals surface area contributed by atoms with Gasteiger partial charge in [-0.05, 0) is 24.1 Å². The number of methoxy groups -OCH3 is 1. The molecule has 15 heavy (non-hydrogen) atoms. The number of halogens is 1. The topological polar surface area (TPSA) is 26.3 Å². The molecular formula is C12H15BrO2. The molecule has 0 fully saturated rings. The second kappa shape index (κ2) is 5.31. The van der Waals surface area contributed by atoms with Crippen LogP contribution in [0.15, 0.2) is 22.7 Å². The van der Waals surface area contributed by atoms with E-state index in [-0.39, 0.29) is 5.78 Å². The minimum absolute atomic E-state index is 0.134. The fraction of sp³-hybridized carbons (Fsp3) is 0.417. The van der Waals surface area contributed by atoms with Crippen LogP contribution in [0.2, 0.25) is 0 Å². The lowest BCUT2D eigenvalue weighted by Gasteiger charge is -2.09. The molecule has 1 aromatic rings. The van der Waals surface area contributed by atoms with Crippen LogP contribution in [0.4, 0.5) is 0 Å². The van der Waals surface area contributed by atoms with Crippen LogP contribution >= 0.6 is 15.9 Å². The quantitative estimate of drug-likeness (QED) is 0.781. The first kappa shape index (κ1) is 12.2. The number of carbonyl (C=O) groups is 1. The van der Waals surface area contributed by atoms with Gasteiger partial charge in [0.25, 0.3) is 0 Å². The Morgan fingerprint density at radius 1 is 1.47 bits per heavy atom. The van der Waals surface area contributed by atoms with Gasteiger partial charge in [0.05, 0.1) is 12.7 Å². The summed E-state index contributed by atoms with van der Waals surface area (Å²) >= 11 is 3.35. The Morgan fingerprint density at radius 2 is 2.13 bits per heavy atom. The summed E-state index contributed by atoms with van der Waals surface area (Å²) in [6.45, 7) is 4.06. The molecule has 0 unspecified atom stereocenters. The standard InChI is InChI=1S/C12H15BrO2/c1-8(2)6-11(14)10-5-4-9(13)7-12(10)15-3/h4-5,7-8H,6H2,1-3H3. The molecule has 0 saturated heterocycles. The third-order valence-corrected chi connectivity index (χ3v) is 2.55. The van der Waals surface area contributed by atoms with Crippen molar-refractivity contribution in [1.29, 1.82) is 0 Å². The Labute approximate surface area is 98.8 Å². The average Bonchev–Trinajstić information content (AvgIpc) is 2.16. The lowest BCUT2D eigenvalue weighted by Crippen LogP contribution is -2.05. The van der Waals surface area contributed by atoms with Crippen LogP contribution in [0, 0.1) is 5.92 Å². The van der Waals surface area contributed by atoms with Crippen LogP contribution < -0.4 is 4.74 Å². The highest BCUT2D eigenvalue weighted by Crippen LogP contribution is 2.25. The van der Waals surface area contributed by atoms with Crippen molar-refractivity contribution < 1.29 is 9.53 Å². The fourth-order valence-corrected chi connectivity index (χ4v) is 1.72. The molecule has 0 atom stereocenters. The van der Waals surface area contributed by atoms with Crippen molar-refractivity contribution in [2.45, 2.75) is 20.3 Å². The number of rotatable bonds is 4. The Kier molecular flexibility index (Phi) is 4.33. The number of benzene rings is 1. The maximum absolute atomic E-state index is 11.9. The van der Waals surface area contributed by atoms with Gasteiger partial charge in [-0.2, -0.15) is 0 Å². The summed E-state index contributed by atoms with van der Waals surface area (Å²) in [7, 11) is 1.58. The number of ketones is 1. The van der Waals surface area contributed by atoms with Gasteiger partial charge in [-0.15, -0.1) is 0 Å². The molecule has 0 N–H and O–H groups in total. The number of hydrogen-bond acceptors (Lipinski definition) is 2. The lowest BCUT2D eigenvalue weighted by atomic mass is 10.0. The van der Waals surface area contributed by atoms with E-state index >= 15 is 0 Å². The highest BCUT2D eigenvalue weighted by atomic mass is 79.9. The average molecular weight is 271 g/mol. The Bertz CT molecular complexity index is 359. The molecule has 0 aliphatic carbocycles. The minimum atomic E-state index is 0.134. The molecule has 3 heteroatoms. The molecule has 0 heterocycles. The van der Waals surface area contributed by atoms with Gasteiger partial charge in [0.15, 0.2) is 5.78 Å². The van der Waals surface area contributed by atoms with E-state index in [1.54, 1.807) is 13.2 Å². The molecule has 0 aromatic heterocycles. The molecule has 0 saturated carbocycles. The molecular weight excluding hydrogens is 256 g/mol. The largest absolute Gasteiger partial charge is 0.496 e. The zero-order valence-corrected chi connectivity index (χ0v) is 10.8. The van der Waals surface area contributed by atoms with Crippen LogP contribution in [0.3, 0.4) is 0 Å². The summed E-state index contributed by atoms with van der Waals surface area (Å²) in [4.78, 5) is 11.9. The van der Waals surface area contributed by atoms with E-state index in [1.807, 2.05) is 26.0 Å². The van der Waals surface area contributed by atoms with Crippen molar-refractivity contribution in [3.8, 4) is 5.75 Å². The number of carbonyl (C=O) groups excluding carboxylic acids is 1. The third kappa shape index (κ3) is 3.34. The van der Waals surface area contributed by atoms with Crippen LogP contribution in [-0.2, 0) is 0 Å². The molecule has 0 aliphatic rings. The van der Waals surface area contributed by atoms with Crippen molar-refractivity contribution in [3.63, 3.8) is 0 Å². The van der Waals surface area contributed by atoms with Gasteiger partial charge in [-0.1, -0.05) is 29.8 Å². The molecule has 0 amide bonds. The number of hydrogen-bond donors (Lipinski definition) is 0. The summed E-state index contributed by atoms with van der Waals surface area (Å²) in [5.41, 5.74) is 0.661. The lowest BCUT2D eigenvalue weighted by molar-refractivity contribution is 0.0965. The summed E-state index contributed by atoms with van der Waals surface area (Å²) < 4.78 is 6.10. The number of ether oxygens (including phenoxy) is 1. The third-order valence-electron chi connectivity index (χ3n) is 2.06. The van der Waals surface area contributed by atoms with Gasteiger partial charge in [0.2, 0.25) is 0 Å². The van der Waals surface area contributed by atoms with Crippen molar-refractivity contribution in [2.24, 2.45) is 5.92 Å². The monoisotopic (exact) mass is 270 g/mol. The predicted molar refractivity (Wildman–Crippen MR) is 64.5 cm³/mol. The maximum atomic E-state index is 11.9. The van der Waals surface area contributed by atoms with E-state index in [0.717, 1.165) is 4.47 Å². The van der Waals surface area contributed by atoms with E-state index in [2.05, 4.69) is 15.9 Å². The Morgan fingerprint density at radius 3 is 2.67 bits per heavy atom. The molecule has 0 bridgehead atoms. The zero-order chi connectivity index (χ0) is 11.4. The Balaban J connectivity index is 2.97. The van der Waals surface area contributed by atoms with Crippen molar-refractivity contribution in [3.05, 3.63) is 28.2 Å². The van der Waals surface area contributed by atoms with Crippen LogP contribution in [0.5, 0.6) is 5.75 Å². The van der Waals surface area contributed by atoms with Gasteiger partial charge in [-0.3, -0.25) is 4.79 Å². The first-order valence-corrected chi connectivity index (χ1v) is 5.70. The van der Waals surface area contributed by atoms with Crippen molar-refractivity contribution in [2.75, 3.05) is 7.11 Å². The summed E-state index contributed by atoms with van der Waals surface area (Å²) in [6.07, 6.45) is 0.554. The minimum Gasteiger partial charge on any atom is -0.496 e. The molecule has 2 nitrogen and oxygen atoms in total. The van der Waals surface area contributed by atoms with Gasteiger partial charge < -0.3 is 4.74 Å². The van der Waals surface area contributed by atoms with E-state index in [9.17, 15) is 4.79 Å². The van der Waals surface area contributed by atoms with Crippen LogP contribution in [0.25, 0.3) is 0 Å². The normalized spacial score (nSPS) is 10.5. The van der Waals surface area contributed by atoms with Crippen molar-refractivity contribution >= 4 is 21.7 Å². The maximum Gasteiger partial charge on any atom is 0.166 e. The van der Waals surface area contributed by atoms with Gasteiger partial charge >= 0.3 is 0 Å². The highest BCUT2D eigenvalue weighted by Gasteiger charge is 2.13. The van der Waals surface area contributed by atoms with Gasteiger partial charge in [0, 0.05) is 10.9 Å². The molecule has 82 valence electrons. The van der Waals surface area contributed by atoms with E-state index in [1.165, 1.54) is 0 Å². The van der Waals surface area contributed by atoms with E-state index in [4.69, 9.17) is 4.74 Å². The van der Waals surface area contributed by atoms with Gasteiger partial charge in [-0.25, -0.2) is 0 Å². The second-order valence-electron chi connectivity index (χ2n) is 3.87. The fourth-order valence-electron chi connectivity index (χ4n) is 1.38. The second-order valence-corrected chi connectivity index (χ2v) is 4.78. The SMILES string of the molecule is COc1cc(Br)ccc1C(=O)CC(C)C. The van der Waals surface area contributed by atoms with E-state index in [0.29, 0.717) is 23.7 Å². The summed E-state index contributed by atoms with van der Waals surface area (Å²) in [6, 6.07) is 5.47. The molecule has 1 aromatic carbocycles.